The molecule has 0 amide bonds. The fourth-order valence-corrected chi connectivity index (χ4v) is 2.56. The summed E-state index contributed by atoms with van der Waals surface area (Å²) in [6.45, 7) is 0. The zero-order valence-corrected chi connectivity index (χ0v) is 14.1. The van der Waals surface area contributed by atoms with Gasteiger partial charge in [0.2, 0.25) is 0 Å². The topological polar surface area (TPSA) is 120 Å². The second kappa shape index (κ2) is 7.77. The number of hydrogen-bond donors (Lipinski definition) is 1. The molecule has 0 bridgehead atoms. The zero-order valence-electron chi connectivity index (χ0n) is 12.6. The van der Waals surface area contributed by atoms with Gasteiger partial charge in [-0.3, -0.25) is 25.7 Å². The maximum Gasteiger partial charge on any atom is 0.301 e. The Labute approximate surface area is 151 Å². The van der Waals surface area contributed by atoms with Crippen molar-refractivity contribution in [2.75, 3.05) is 12.5 Å². The van der Waals surface area contributed by atoms with Crippen LogP contribution in [0.1, 0.15) is 5.56 Å². The third-order valence-electron chi connectivity index (χ3n) is 3.01. The Morgan fingerprint density at radius 1 is 1.12 bits per heavy atom. The molecule has 9 nitrogen and oxygen atoms in total. The number of nitro groups is 2. The van der Waals surface area contributed by atoms with Crippen LogP contribution in [0.3, 0.4) is 0 Å². The zero-order chi connectivity index (χ0) is 18.6. The van der Waals surface area contributed by atoms with Crippen LogP contribution >= 0.6 is 23.2 Å². The predicted octanol–water partition coefficient (Wildman–Crippen LogP) is 4.26. The molecule has 0 radical (unpaired) electrons. The Hall–Kier alpha value is -2.91. The summed E-state index contributed by atoms with van der Waals surface area (Å²) in [4.78, 5) is 20.3. The number of anilines is 1. The fourth-order valence-electron chi connectivity index (χ4n) is 1.90. The number of nitro benzene ring substituents is 2. The molecule has 2 rings (SSSR count). The van der Waals surface area contributed by atoms with Gasteiger partial charge in [-0.1, -0.05) is 23.2 Å². The number of rotatable bonds is 6. The van der Waals surface area contributed by atoms with E-state index in [4.69, 9.17) is 27.9 Å². The number of hydrogen-bond acceptors (Lipinski definition) is 7. The minimum absolute atomic E-state index is 0.00226. The summed E-state index contributed by atoms with van der Waals surface area (Å²) in [5, 5.41) is 26.1. The van der Waals surface area contributed by atoms with Gasteiger partial charge in [-0.25, -0.2) is 0 Å². The second-order valence-electron chi connectivity index (χ2n) is 4.60. The van der Waals surface area contributed by atoms with E-state index in [1.165, 1.54) is 19.4 Å². The number of ether oxygens (including phenoxy) is 1. The highest BCUT2D eigenvalue weighted by molar-refractivity contribution is 6.37. The highest BCUT2D eigenvalue weighted by Gasteiger charge is 2.19. The Kier molecular flexibility index (Phi) is 5.73. The van der Waals surface area contributed by atoms with Crippen molar-refractivity contribution >= 4 is 46.5 Å². The maximum absolute atomic E-state index is 11.0. The second-order valence-corrected chi connectivity index (χ2v) is 5.42. The van der Waals surface area contributed by atoms with E-state index in [1.54, 1.807) is 12.1 Å². The molecule has 130 valence electrons. The molecule has 0 unspecified atom stereocenters. The molecule has 25 heavy (non-hydrogen) atoms. The fraction of sp³-hybridized carbons (Fsp3) is 0.0714. The van der Waals surface area contributed by atoms with Gasteiger partial charge in [-0.2, -0.15) is 5.10 Å². The summed E-state index contributed by atoms with van der Waals surface area (Å²) >= 11 is 12.0. The van der Waals surface area contributed by atoms with Crippen LogP contribution in [0.4, 0.5) is 17.1 Å². The van der Waals surface area contributed by atoms with Crippen LogP contribution in [-0.4, -0.2) is 23.2 Å². The van der Waals surface area contributed by atoms with Crippen molar-refractivity contribution in [3.63, 3.8) is 0 Å². The molecule has 0 atom stereocenters. The van der Waals surface area contributed by atoms with Crippen LogP contribution in [-0.2, 0) is 0 Å². The van der Waals surface area contributed by atoms with Crippen molar-refractivity contribution in [1.82, 2.24) is 0 Å². The van der Waals surface area contributed by atoms with Crippen LogP contribution in [0.5, 0.6) is 5.75 Å². The van der Waals surface area contributed by atoms with E-state index >= 15 is 0 Å². The van der Waals surface area contributed by atoms with Crippen LogP contribution in [0.15, 0.2) is 35.4 Å². The average Bonchev–Trinajstić information content (AvgIpc) is 2.54. The Balaban J connectivity index is 2.25. The minimum atomic E-state index is -0.744. The SMILES string of the molecule is COc1c(Cl)cc(/C=N/Nc2ccc([N+](=O)[O-])cc2[N+](=O)[O-])cc1Cl. The molecule has 0 saturated heterocycles. The van der Waals surface area contributed by atoms with E-state index in [2.05, 4.69) is 10.5 Å². The molecular weight excluding hydrogens is 375 g/mol. The quantitative estimate of drug-likeness (QED) is 0.451. The Morgan fingerprint density at radius 2 is 1.76 bits per heavy atom. The molecule has 0 aromatic heterocycles. The van der Waals surface area contributed by atoms with Crippen molar-refractivity contribution in [3.05, 3.63) is 66.2 Å². The van der Waals surface area contributed by atoms with Gasteiger partial charge in [-0.15, -0.1) is 0 Å². The van der Waals surface area contributed by atoms with Gasteiger partial charge in [0.1, 0.15) is 5.69 Å². The largest absolute Gasteiger partial charge is 0.494 e. The van der Waals surface area contributed by atoms with Crippen LogP contribution in [0.2, 0.25) is 10.0 Å². The standard InChI is InChI=1S/C14H10Cl2N4O5/c1-25-14-10(15)4-8(5-11(14)16)7-17-18-12-3-2-9(19(21)22)6-13(12)20(23)24/h2-7,18H,1H3/b17-7+. The highest BCUT2D eigenvalue weighted by Crippen LogP contribution is 2.33. The summed E-state index contributed by atoms with van der Waals surface area (Å²) in [5.41, 5.74) is 2.11. The van der Waals surface area contributed by atoms with Crippen molar-refractivity contribution in [1.29, 1.82) is 0 Å². The number of halogens is 2. The van der Waals surface area contributed by atoms with Gasteiger partial charge in [-0.05, 0) is 23.8 Å². The predicted molar refractivity (Wildman–Crippen MR) is 94.0 cm³/mol. The van der Waals surface area contributed by atoms with Gasteiger partial charge < -0.3 is 4.74 Å². The van der Waals surface area contributed by atoms with Crippen LogP contribution in [0.25, 0.3) is 0 Å². The Morgan fingerprint density at radius 3 is 2.28 bits per heavy atom. The summed E-state index contributed by atoms with van der Waals surface area (Å²) in [6, 6.07) is 6.26. The molecule has 0 spiro atoms. The third kappa shape index (κ3) is 4.34. The smallest absolute Gasteiger partial charge is 0.301 e. The number of benzene rings is 2. The number of hydrazone groups is 1. The first kappa shape index (κ1) is 18.4. The monoisotopic (exact) mass is 384 g/mol. The van der Waals surface area contributed by atoms with Crippen LogP contribution in [0, 0.1) is 20.2 Å². The molecule has 0 aliphatic carbocycles. The lowest BCUT2D eigenvalue weighted by Crippen LogP contribution is -1.99. The Bertz CT molecular complexity index is 849. The van der Waals surface area contributed by atoms with Gasteiger partial charge in [0.25, 0.3) is 5.69 Å². The molecule has 1 N–H and O–H groups in total. The van der Waals surface area contributed by atoms with Crippen molar-refractivity contribution < 1.29 is 14.6 Å². The molecule has 0 fully saturated rings. The molecule has 11 heteroatoms. The first-order valence-electron chi connectivity index (χ1n) is 6.58. The molecular formula is C14H10Cl2N4O5. The number of non-ortho nitro benzene ring substituents is 1. The van der Waals surface area contributed by atoms with E-state index in [0.717, 1.165) is 12.1 Å². The number of methoxy groups -OCH3 is 1. The highest BCUT2D eigenvalue weighted by atomic mass is 35.5. The van der Waals surface area contributed by atoms with Crippen molar-refractivity contribution in [2.45, 2.75) is 0 Å². The number of nitrogens with zero attached hydrogens (tertiary/aromatic N) is 3. The van der Waals surface area contributed by atoms with Gasteiger partial charge in [0.15, 0.2) is 5.75 Å². The van der Waals surface area contributed by atoms with Crippen LogP contribution < -0.4 is 10.2 Å². The summed E-state index contributed by atoms with van der Waals surface area (Å²) in [7, 11) is 1.43. The molecule has 2 aromatic carbocycles. The van der Waals surface area contributed by atoms with Gasteiger partial charge in [0.05, 0.1) is 39.3 Å². The summed E-state index contributed by atoms with van der Waals surface area (Å²) in [6.07, 6.45) is 1.34. The average molecular weight is 385 g/mol. The van der Waals surface area contributed by atoms with Crippen molar-refractivity contribution in [3.8, 4) is 5.75 Å². The lowest BCUT2D eigenvalue weighted by Gasteiger charge is -2.06. The van der Waals surface area contributed by atoms with Crippen molar-refractivity contribution in [2.24, 2.45) is 5.10 Å². The molecule has 0 aliphatic rings. The van der Waals surface area contributed by atoms with Gasteiger partial charge >= 0.3 is 5.69 Å². The van der Waals surface area contributed by atoms with E-state index in [1.807, 2.05) is 0 Å². The molecule has 0 saturated carbocycles. The molecule has 0 aliphatic heterocycles. The maximum atomic E-state index is 11.0. The van der Waals surface area contributed by atoms with E-state index in [9.17, 15) is 20.2 Å². The van der Waals surface area contributed by atoms with E-state index in [0.29, 0.717) is 11.3 Å². The lowest BCUT2D eigenvalue weighted by atomic mass is 10.2. The molecule has 2 aromatic rings. The summed E-state index contributed by atoms with van der Waals surface area (Å²) < 4.78 is 5.02. The summed E-state index contributed by atoms with van der Waals surface area (Å²) in [5.74, 6) is 0.319. The minimum Gasteiger partial charge on any atom is -0.494 e. The molecule has 0 heterocycles. The van der Waals surface area contributed by atoms with Gasteiger partial charge in [0, 0.05) is 6.07 Å². The number of nitrogens with one attached hydrogen (secondary N) is 1. The van der Waals surface area contributed by atoms with E-state index in [-0.39, 0.29) is 15.7 Å². The lowest BCUT2D eigenvalue weighted by molar-refractivity contribution is -0.393. The first-order chi connectivity index (χ1) is 11.8. The third-order valence-corrected chi connectivity index (χ3v) is 3.57. The first-order valence-corrected chi connectivity index (χ1v) is 7.34. The normalized spacial score (nSPS) is 10.7. The van der Waals surface area contributed by atoms with E-state index < -0.39 is 21.2 Å².